The Balaban J connectivity index is 1.57. The van der Waals surface area contributed by atoms with Crippen LogP contribution in [0.2, 0.25) is 0 Å². The highest BCUT2D eigenvalue weighted by Crippen LogP contribution is 2.20. The van der Waals surface area contributed by atoms with E-state index in [0.717, 1.165) is 18.5 Å². The molecule has 0 radical (unpaired) electrons. The Labute approximate surface area is 162 Å². The average molecular weight is 384 g/mol. The number of likely N-dealkylation sites (tertiary alicyclic amines) is 1. The van der Waals surface area contributed by atoms with E-state index in [1.807, 2.05) is 0 Å². The number of benzene rings is 1. The molecule has 8 heteroatoms. The number of aryl methyl sites for hydroxylation is 1. The van der Waals surface area contributed by atoms with Crippen molar-refractivity contribution in [1.29, 1.82) is 0 Å². The first-order valence-electron chi connectivity index (χ1n) is 9.45. The minimum atomic E-state index is -0.800. The first kappa shape index (κ1) is 19.6. The molecule has 0 saturated carbocycles. The second-order valence-electron chi connectivity index (χ2n) is 6.96. The number of rotatable bonds is 6. The lowest BCUT2D eigenvalue weighted by molar-refractivity contribution is -0.143. The van der Waals surface area contributed by atoms with Crippen LogP contribution >= 0.6 is 0 Å². The molecule has 0 bridgehead atoms. The summed E-state index contributed by atoms with van der Waals surface area (Å²) in [4.78, 5) is 37.5. The third kappa shape index (κ3) is 4.57. The fourth-order valence-corrected chi connectivity index (χ4v) is 3.28. The predicted molar refractivity (Wildman–Crippen MR) is 103 cm³/mol. The number of carbonyl (C=O) groups is 3. The van der Waals surface area contributed by atoms with Crippen LogP contribution in [-0.4, -0.2) is 51.1 Å². The Kier molecular flexibility index (Phi) is 6.08. The highest BCUT2D eigenvalue weighted by Gasteiger charge is 2.27. The van der Waals surface area contributed by atoms with Crippen LogP contribution in [-0.2, 0) is 11.2 Å². The fourth-order valence-electron chi connectivity index (χ4n) is 3.28. The molecular formula is C20H24N4O4. The van der Waals surface area contributed by atoms with Gasteiger partial charge < -0.3 is 15.3 Å². The van der Waals surface area contributed by atoms with E-state index < -0.39 is 5.97 Å². The Morgan fingerprint density at radius 3 is 2.50 bits per heavy atom. The third-order valence-electron chi connectivity index (χ3n) is 4.90. The molecule has 148 valence electrons. The maximum absolute atomic E-state index is 12.6. The van der Waals surface area contributed by atoms with E-state index in [-0.39, 0.29) is 17.7 Å². The first-order chi connectivity index (χ1) is 13.5. The van der Waals surface area contributed by atoms with E-state index in [2.05, 4.69) is 22.4 Å². The number of piperidine rings is 1. The van der Waals surface area contributed by atoms with Crippen molar-refractivity contribution < 1.29 is 19.5 Å². The molecular weight excluding hydrogens is 360 g/mol. The summed E-state index contributed by atoms with van der Waals surface area (Å²) in [6, 6.07) is 8.41. The summed E-state index contributed by atoms with van der Waals surface area (Å²) in [6.07, 6.45) is 2.74. The molecule has 1 aliphatic rings. The Morgan fingerprint density at radius 2 is 1.89 bits per heavy atom. The van der Waals surface area contributed by atoms with E-state index in [0.29, 0.717) is 42.9 Å². The highest BCUT2D eigenvalue weighted by molar-refractivity contribution is 6.03. The van der Waals surface area contributed by atoms with E-state index in [4.69, 9.17) is 5.11 Å². The number of nitrogens with zero attached hydrogens (tertiary/aromatic N) is 2. The van der Waals surface area contributed by atoms with Gasteiger partial charge in [-0.3, -0.25) is 19.5 Å². The molecule has 3 N–H and O–H groups in total. The quantitative estimate of drug-likeness (QED) is 0.708. The van der Waals surface area contributed by atoms with Gasteiger partial charge in [0, 0.05) is 30.0 Å². The van der Waals surface area contributed by atoms with Gasteiger partial charge in [0.25, 0.3) is 11.8 Å². The zero-order valence-electron chi connectivity index (χ0n) is 15.8. The number of carboxylic acid groups (broad SMARTS) is 1. The van der Waals surface area contributed by atoms with Gasteiger partial charge in [-0.15, -0.1) is 0 Å². The SMILES string of the molecule is CCCc1cc(C(=O)Nc2ccc(C(=O)N3CCC(C(=O)O)CC3)cc2)n[nH]1. The van der Waals surface area contributed by atoms with E-state index in [1.54, 1.807) is 35.2 Å². The molecule has 1 aliphatic heterocycles. The molecule has 2 aromatic rings. The van der Waals surface area contributed by atoms with Crippen molar-refractivity contribution in [3.63, 3.8) is 0 Å². The highest BCUT2D eigenvalue weighted by atomic mass is 16.4. The summed E-state index contributed by atoms with van der Waals surface area (Å²) in [5.74, 6) is -1.61. The number of aromatic amines is 1. The first-order valence-corrected chi connectivity index (χ1v) is 9.45. The van der Waals surface area contributed by atoms with Crippen molar-refractivity contribution in [3.05, 3.63) is 47.3 Å². The monoisotopic (exact) mass is 384 g/mol. The summed E-state index contributed by atoms with van der Waals surface area (Å²) < 4.78 is 0. The maximum Gasteiger partial charge on any atom is 0.306 e. The van der Waals surface area contributed by atoms with Gasteiger partial charge in [-0.2, -0.15) is 5.10 Å². The van der Waals surface area contributed by atoms with Crippen molar-refractivity contribution in [3.8, 4) is 0 Å². The van der Waals surface area contributed by atoms with Crippen molar-refractivity contribution in [2.75, 3.05) is 18.4 Å². The number of hydrogen-bond donors (Lipinski definition) is 3. The van der Waals surface area contributed by atoms with Crippen molar-refractivity contribution in [2.45, 2.75) is 32.6 Å². The number of anilines is 1. The molecule has 0 unspecified atom stereocenters. The number of carbonyl (C=O) groups excluding carboxylic acids is 2. The Hall–Kier alpha value is -3.16. The number of aliphatic carboxylic acids is 1. The van der Waals surface area contributed by atoms with Gasteiger partial charge in [-0.25, -0.2) is 0 Å². The number of aromatic nitrogens is 2. The van der Waals surface area contributed by atoms with Crippen LogP contribution in [0.25, 0.3) is 0 Å². The van der Waals surface area contributed by atoms with Gasteiger partial charge in [-0.1, -0.05) is 13.3 Å². The van der Waals surface area contributed by atoms with Crippen LogP contribution in [0.1, 0.15) is 52.7 Å². The van der Waals surface area contributed by atoms with Crippen LogP contribution in [0, 0.1) is 5.92 Å². The molecule has 8 nitrogen and oxygen atoms in total. The van der Waals surface area contributed by atoms with E-state index >= 15 is 0 Å². The molecule has 2 amide bonds. The van der Waals surface area contributed by atoms with Crippen LogP contribution in [0.15, 0.2) is 30.3 Å². The number of carboxylic acids is 1. The zero-order chi connectivity index (χ0) is 20.1. The summed E-state index contributed by atoms with van der Waals surface area (Å²) in [6.45, 7) is 2.93. The summed E-state index contributed by atoms with van der Waals surface area (Å²) in [5, 5.41) is 18.7. The summed E-state index contributed by atoms with van der Waals surface area (Å²) in [5.41, 5.74) is 2.33. The average Bonchev–Trinajstić information content (AvgIpc) is 3.17. The molecule has 28 heavy (non-hydrogen) atoms. The smallest absolute Gasteiger partial charge is 0.306 e. The molecule has 0 atom stereocenters. The zero-order valence-corrected chi connectivity index (χ0v) is 15.8. The molecule has 1 saturated heterocycles. The molecule has 2 heterocycles. The minimum absolute atomic E-state index is 0.127. The van der Waals surface area contributed by atoms with E-state index in [9.17, 15) is 14.4 Å². The van der Waals surface area contributed by atoms with Crippen molar-refractivity contribution in [1.82, 2.24) is 15.1 Å². The lowest BCUT2D eigenvalue weighted by Crippen LogP contribution is -2.40. The van der Waals surface area contributed by atoms with Crippen LogP contribution in [0.3, 0.4) is 0 Å². The number of nitrogens with one attached hydrogen (secondary N) is 2. The minimum Gasteiger partial charge on any atom is -0.481 e. The number of hydrogen-bond acceptors (Lipinski definition) is 4. The van der Waals surface area contributed by atoms with Gasteiger partial charge in [0.2, 0.25) is 0 Å². The largest absolute Gasteiger partial charge is 0.481 e. The van der Waals surface area contributed by atoms with Gasteiger partial charge in [0.05, 0.1) is 5.92 Å². The number of amides is 2. The second kappa shape index (κ2) is 8.69. The number of H-pyrrole nitrogens is 1. The van der Waals surface area contributed by atoms with Gasteiger partial charge in [0.1, 0.15) is 0 Å². The molecule has 1 aromatic carbocycles. The lowest BCUT2D eigenvalue weighted by Gasteiger charge is -2.30. The molecule has 0 spiro atoms. The normalized spacial score (nSPS) is 14.7. The standard InChI is InChI=1S/C20H24N4O4/c1-2-3-16-12-17(23-22-16)18(25)21-15-6-4-13(5-7-15)19(26)24-10-8-14(9-11-24)20(27)28/h4-7,12,14H,2-3,8-11H2,1H3,(H,21,25)(H,22,23)(H,27,28). The molecule has 0 aliphatic carbocycles. The third-order valence-corrected chi connectivity index (χ3v) is 4.90. The Morgan fingerprint density at radius 1 is 1.21 bits per heavy atom. The van der Waals surface area contributed by atoms with Crippen LogP contribution in [0.4, 0.5) is 5.69 Å². The lowest BCUT2D eigenvalue weighted by atomic mass is 9.96. The second-order valence-corrected chi connectivity index (χ2v) is 6.96. The van der Waals surface area contributed by atoms with Crippen LogP contribution in [0.5, 0.6) is 0 Å². The predicted octanol–water partition coefficient (Wildman–Crippen LogP) is 2.55. The maximum atomic E-state index is 12.6. The van der Waals surface area contributed by atoms with Crippen molar-refractivity contribution >= 4 is 23.5 Å². The molecule has 1 aromatic heterocycles. The van der Waals surface area contributed by atoms with E-state index in [1.165, 1.54) is 0 Å². The molecule has 1 fully saturated rings. The topological polar surface area (TPSA) is 115 Å². The van der Waals surface area contributed by atoms with Gasteiger partial charge in [0.15, 0.2) is 5.69 Å². The summed E-state index contributed by atoms with van der Waals surface area (Å²) in [7, 11) is 0. The van der Waals surface area contributed by atoms with Crippen molar-refractivity contribution in [2.24, 2.45) is 5.92 Å². The van der Waals surface area contributed by atoms with Gasteiger partial charge in [-0.05, 0) is 49.6 Å². The molecule has 3 rings (SSSR count). The fraction of sp³-hybridized carbons (Fsp3) is 0.400. The van der Waals surface area contributed by atoms with Crippen LogP contribution < -0.4 is 5.32 Å². The summed E-state index contributed by atoms with van der Waals surface area (Å²) >= 11 is 0. The van der Waals surface area contributed by atoms with Gasteiger partial charge >= 0.3 is 5.97 Å². The Bertz CT molecular complexity index is 851.